The van der Waals surface area contributed by atoms with Crippen LogP contribution in [-0.2, 0) is 4.74 Å². The van der Waals surface area contributed by atoms with Crippen molar-refractivity contribution in [3.63, 3.8) is 0 Å². The number of nitrogens with one attached hydrogen (secondary N) is 2. The van der Waals surface area contributed by atoms with Crippen LogP contribution in [0.25, 0.3) is 16.5 Å². The van der Waals surface area contributed by atoms with Gasteiger partial charge in [0.15, 0.2) is 5.69 Å². The van der Waals surface area contributed by atoms with Gasteiger partial charge >= 0.3 is 0 Å². The predicted molar refractivity (Wildman–Crippen MR) is 124 cm³/mol. The molecule has 0 aliphatic carbocycles. The van der Waals surface area contributed by atoms with Crippen molar-refractivity contribution in [2.75, 3.05) is 53.6 Å². The van der Waals surface area contributed by atoms with Crippen molar-refractivity contribution in [1.82, 2.24) is 15.1 Å². The van der Waals surface area contributed by atoms with Gasteiger partial charge in [-0.15, -0.1) is 0 Å². The monoisotopic (exact) mass is 453 g/mol. The minimum atomic E-state index is -0.332. The number of ether oxygens (including phenoxy) is 3. The normalized spacial score (nSPS) is 14.2. The molecule has 1 aromatic heterocycles. The Bertz CT molecular complexity index is 1190. The summed E-state index contributed by atoms with van der Waals surface area (Å²) in [6.45, 7) is 5.07. The van der Waals surface area contributed by atoms with Crippen LogP contribution in [0.2, 0.25) is 0 Å². The summed E-state index contributed by atoms with van der Waals surface area (Å²) in [7, 11) is 3.06. The van der Waals surface area contributed by atoms with E-state index in [4.69, 9.17) is 14.2 Å². The number of aromatic nitrogens is 2. The first-order valence-electron chi connectivity index (χ1n) is 11.1. The first kappa shape index (κ1) is 22.8. The molecule has 1 aliphatic rings. The highest BCUT2D eigenvalue weighted by Gasteiger charge is 2.20. The molecule has 1 fully saturated rings. The van der Waals surface area contributed by atoms with Gasteiger partial charge in [-0.25, -0.2) is 0 Å². The first-order chi connectivity index (χ1) is 16.1. The molecule has 0 bridgehead atoms. The van der Waals surface area contributed by atoms with E-state index in [9.17, 15) is 9.59 Å². The molecule has 9 nitrogen and oxygen atoms in total. The number of hydrogen-bond acceptors (Lipinski definition) is 6. The molecular formula is C24H29N4O5+. The Balaban J connectivity index is 1.62. The SMILES string of the molecule is COc1ccc(-n2nc(C(=O)NCCC[NH+]3CCOCC3)c3ccccc3c2=O)c(OC)c1. The van der Waals surface area contributed by atoms with Gasteiger partial charge in [-0.05, 0) is 18.2 Å². The smallest absolute Gasteiger partial charge is 0.279 e. The zero-order valence-electron chi connectivity index (χ0n) is 18.9. The van der Waals surface area contributed by atoms with Crippen molar-refractivity contribution in [2.45, 2.75) is 6.42 Å². The summed E-state index contributed by atoms with van der Waals surface area (Å²) in [6, 6.07) is 12.1. The van der Waals surface area contributed by atoms with E-state index in [2.05, 4.69) is 10.4 Å². The number of carbonyl (C=O) groups is 1. The van der Waals surface area contributed by atoms with E-state index in [0.29, 0.717) is 34.5 Å². The predicted octanol–water partition coefficient (Wildman–Crippen LogP) is 0.438. The van der Waals surface area contributed by atoms with Crippen LogP contribution in [0.5, 0.6) is 11.5 Å². The molecule has 9 heteroatoms. The average molecular weight is 454 g/mol. The Hall–Kier alpha value is -3.43. The van der Waals surface area contributed by atoms with Crippen LogP contribution in [0.15, 0.2) is 47.3 Å². The van der Waals surface area contributed by atoms with Crippen molar-refractivity contribution in [3.8, 4) is 17.2 Å². The van der Waals surface area contributed by atoms with Gasteiger partial charge in [-0.3, -0.25) is 9.59 Å². The van der Waals surface area contributed by atoms with Gasteiger partial charge in [0.1, 0.15) is 30.3 Å². The lowest BCUT2D eigenvalue weighted by Crippen LogP contribution is -3.14. The molecule has 0 unspecified atom stereocenters. The van der Waals surface area contributed by atoms with Gasteiger partial charge in [0.25, 0.3) is 11.5 Å². The van der Waals surface area contributed by atoms with Crippen LogP contribution in [0, 0.1) is 0 Å². The van der Waals surface area contributed by atoms with Crippen molar-refractivity contribution >= 4 is 16.7 Å². The van der Waals surface area contributed by atoms with Crippen LogP contribution in [0.3, 0.4) is 0 Å². The number of rotatable bonds is 8. The van der Waals surface area contributed by atoms with Crippen molar-refractivity contribution in [1.29, 1.82) is 0 Å². The van der Waals surface area contributed by atoms with Crippen molar-refractivity contribution in [3.05, 3.63) is 58.5 Å². The molecule has 174 valence electrons. The minimum Gasteiger partial charge on any atom is -0.497 e. The zero-order valence-corrected chi connectivity index (χ0v) is 18.9. The number of nitrogens with zero attached hydrogens (tertiary/aromatic N) is 2. The second kappa shape index (κ2) is 10.5. The molecule has 2 aromatic carbocycles. The van der Waals surface area contributed by atoms with Gasteiger partial charge in [0, 0.05) is 24.4 Å². The molecule has 2 N–H and O–H groups in total. The fraction of sp³-hybridized carbons (Fsp3) is 0.375. The third kappa shape index (κ3) is 4.99. The van der Waals surface area contributed by atoms with Gasteiger partial charge < -0.3 is 24.4 Å². The molecule has 1 aliphatic heterocycles. The summed E-state index contributed by atoms with van der Waals surface area (Å²) in [5.41, 5.74) is 0.294. The summed E-state index contributed by atoms with van der Waals surface area (Å²) in [6.07, 6.45) is 0.852. The minimum absolute atomic E-state index is 0.196. The number of carbonyl (C=O) groups excluding carboxylic acids is 1. The molecule has 1 saturated heterocycles. The fourth-order valence-electron chi connectivity index (χ4n) is 4.01. The maximum atomic E-state index is 13.2. The number of hydrogen-bond donors (Lipinski definition) is 2. The number of amides is 1. The highest BCUT2D eigenvalue weighted by molar-refractivity contribution is 6.04. The fourth-order valence-corrected chi connectivity index (χ4v) is 4.01. The Morgan fingerprint density at radius 1 is 1.12 bits per heavy atom. The summed E-state index contributed by atoms with van der Waals surface area (Å²) in [5, 5.41) is 8.34. The van der Waals surface area contributed by atoms with Gasteiger partial charge in [-0.1, -0.05) is 18.2 Å². The second-order valence-corrected chi connectivity index (χ2v) is 7.87. The maximum absolute atomic E-state index is 13.2. The van der Waals surface area contributed by atoms with Gasteiger partial charge in [0.2, 0.25) is 0 Å². The molecule has 0 spiro atoms. The molecule has 3 aromatic rings. The third-order valence-electron chi connectivity index (χ3n) is 5.83. The van der Waals surface area contributed by atoms with Crippen LogP contribution in [0.4, 0.5) is 0 Å². The van der Waals surface area contributed by atoms with E-state index in [0.717, 1.165) is 39.3 Å². The molecule has 2 heterocycles. The van der Waals surface area contributed by atoms with Crippen molar-refractivity contribution < 1.29 is 23.9 Å². The molecule has 0 radical (unpaired) electrons. The second-order valence-electron chi connectivity index (χ2n) is 7.87. The van der Waals surface area contributed by atoms with Crippen molar-refractivity contribution in [2.24, 2.45) is 0 Å². The summed E-state index contributed by atoms with van der Waals surface area (Å²) < 4.78 is 17.3. The average Bonchev–Trinajstić information content (AvgIpc) is 2.87. The molecule has 1 amide bonds. The molecule has 0 atom stereocenters. The number of fused-ring (bicyclic) bond motifs is 1. The topological polar surface area (TPSA) is 96.1 Å². The highest BCUT2D eigenvalue weighted by Crippen LogP contribution is 2.27. The lowest BCUT2D eigenvalue weighted by atomic mass is 10.1. The summed E-state index contributed by atoms with van der Waals surface area (Å²) in [5.74, 6) is 0.688. The highest BCUT2D eigenvalue weighted by atomic mass is 16.5. The van der Waals surface area contributed by atoms with Gasteiger partial charge in [-0.2, -0.15) is 9.78 Å². The van der Waals surface area contributed by atoms with E-state index in [1.54, 1.807) is 49.6 Å². The largest absolute Gasteiger partial charge is 0.497 e. The first-order valence-corrected chi connectivity index (χ1v) is 11.1. The number of methoxy groups -OCH3 is 2. The maximum Gasteiger partial charge on any atom is 0.279 e. The van der Waals surface area contributed by atoms with E-state index in [-0.39, 0.29) is 17.2 Å². The van der Waals surface area contributed by atoms with E-state index < -0.39 is 0 Å². The van der Waals surface area contributed by atoms with Gasteiger partial charge in [0.05, 0.1) is 39.4 Å². The Labute approximate surface area is 191 Å². The summed E-state index contributed by atoms with van der Waals surface area (Å²) in [4.78, 5) is 27.8. The van der Waals surface area contributed by atoms with E-state index in [1.165, 1.54) is 16.7 Å². The lowest BCUT2D eigenvalue weighted by molar-refractivity contribution is -0.908. The number of quaternary nitrogens is 1. The summed E-state index contributed by atoms with van der Waals surface area (Å²) >= 11 is 0. The van der Waals surface area contributed by atoms with Crippen LogP contribution < -0.4 is 25.2 Å². The van der Waals surface area contributed by atoms with E-state index >= 15 is 0 Å². The molecule has 0 saturated carbocycles. The molecular weight excluding hydrogens is 424 g/mol. The Morgan fingerprint density at radius 2 is 1.88 bits per heavy atom. The lowest BCUT2D eigenvalue weighted by Gasteiger charge is -2.23. The number of benzene rings is 2. The molecule has 33 heavy (non-hydrogen) atoms. The van der Waals surface area contributed by atoms with E-state index in [1.807, 2.05) is 0 Å². The number of morpholine rings is 1. The van der Waals surface area contributed by atoms with Crippen LogP contribution in [-0.4, -0.2) is 69.3 Å². The third-order valence-corrected chi connectivity index (χ3v) is 5.83. The quantitative estimate of drug-likeness (QED) is 0.481. The van der Waals surface area contributed by atoms with Crippen LogP contribution in [0.1, 0.15) is 16.9 Å². The molecule has 4 rings (SSSR count). The Morgan fingerprint density at radius 3 is 2.61 bits per heavy atom. The zero-order chi connectivity index (χ0) is 23.2. The standard InChI is InChI=1S/C24H28N4O5/c1-31-17-8-9-20(21(16-17)32-2)28-24(30)19-7-4-3-6-18(19)22(26-28)23(29)25-10-5-11-27-12-14-33-15-13-27/h3-4,6-9,16H,5,10-15H2,1-2H3,(H,25,29)/p+1. The Kier molecular flexibility index (Phi) is 7.21. The van der Waals surface area contributed by atoms with Crippen LogP contribution >= 0.6 is 0 Å².